The van der Waals surface area contributed by atoms with Crippen LogP contribution in [0.1, 0.15) is 26.3 Å². The highest BCUT2D eigenvalue weighted by molar-refractivity contribution is 7.92. The van der Waals surface area contributed by atoms with Gasteiger partial charge in [0.05, 0.1) is 11.9 Å². The minimum atomic E-state index is -3.59. The van der Waals surface area contributed by atoms with Gasteiger partial charge in [-0.05, 0) is 37.5 Å². The van der Waals surface area contributed by atoms with Crippen molar-refractivity contribution in [1.29, 1.82) is 0 Å². The summed E-state index contributed by atoms with van der Waals surface area (Å²) in [4.78, 5) is 12.1. The summed E-state index contributed by atoms with van der Waals surface area (Å²) in [6, 6.07) is 4.95. The Morgan fingerprint density at radius 2 is 1.91 bits per heavy atom. The molecule has 0 aromatic heterocycles. The summed E-state index contributed by atoms with van der Waals surface area (Å²) in [6.45, 7) is 7.32. The predicted molar refractivity (Wildman–Crippen MR) is 90.8 cm³/mol. The molecule has 5 nitrogen and oxygen atoms in total. The van der Waals surface area contributed by atoms with Crippen molar-refractivity contribution < 1.29 is 13.2 Å². The Morgan fingerprint density at radius 1 is 1.32 bits per heavy atom. The third kappa shape index (κ3) is 4.88. The molecule has 1 atom stereocenters. The SMILES string of the molecule is Cc1c(Cl)cccc1N(CC(=O)N[C@H](C)C(C)C)S(C)(=O)=O. The molecule has 1 aromatic carbocycles. The zero-order valence-corrected chi connectivity index (χ0v) is 15.1. The number of hydrogen-bond acceptors (Lipinski definition) is 3. The van der Waals surface area contributed by atoms with E-state index in [0.29, 0.717) is 16.3 Å². The molecule has 0 unspecified atom stereocenters. The molecule has 1 rings (SSSR count). The Balaban J connectivity index is 3.06. The molecule has 7 heteroatoms. The maximum atomic E-state index is 12.1. The normalized spacial score (nSPS) is 13.0. The van der Waals surface area contributed by atoms with Crippen molar-refractivity contribution in [3.05, 3.63) is 28.8 Å². The Hall–Kier alpha value is -1.27. The fourth-order valence-corrected chi connectivity index (χ4v) is 2.92. The van der Waals surface area contributed by atoms with Gasteiger partial charge >= 0.3 is 0 Å². The van der Waals surface area contributed by atoms with Crippen LogP contribution in [0.2, 0.25) is 5.02 Å². The molecule has 0 bridgehead atoms. The number of nitrogens with zero attached hydrogens (tertiary/aromatic N) is 1. The van der Waals surface area contributed by atoms with E-state index in [4.69, 9.17) is 11.6 Å². The molecule has 0 heterocycles. The monoisotopic (exact) mass is 346 g/mol. The third-order valence-corrected chi connectivity index (χ3v) is 5.12. The highest BCUT2D eigenvalue weighted by Gasteiger charge is 2.24. The van der Waals surface area contributed by atoms with E-state index in [1.165, 1.54) is 0 Å². The van der Waals surface area contributed by atoms with Crippen LogP contribution in [0.3, 0.4) is 0 Å². The number of carbonyl (C=O) groups excluding carboxylic acids is 1. The van der Waals surface area contributed by atoms with E-state index >= 15 is 0 Å². The van der Waals surface area contributed by atoms with Gasteiger partial charge in [0.25, 0.3) is 0 Å². The molecule has 0 radical (unpaired) electrons. The van der Waals surface area contributed by atoms with Crippen molar-refractivity contribution in [2.45, 2.75) is 33.7 Å². The molecular weight excluding hydrogens is 324 g/mol. The van der Waals surface area contributed by atoms with Crippen LogP contribution in [0.15, 0.2) is 18.2 Å². The number of rotatable bonds is 6. The second-order valence-corrected chi connectivity index (χ2v) is 8.07. The first-order valence-corrected chi connectivity index (χ1v) is 9.29. The van der Waals surface area contributed by atoms with Crippen LogP contribution in [0.5, 0.6) is 0 Å². The number of nitrogens with one attached hydrogen (secondary N) is 1. The summed E-state index contributed by atoms with van der Waals surface area (Å²) >= 11 is 6.05. The van der Waals surface area contributed by atoms with Crippen molar-refractivity contribution >= 4 is 33.2 Å². The van der Waals surface area contributed by atoms with Crippen LogP contribution in [0.4, 0.5) is 5.69 Å². The molecule has 0 aliphatic rings. The quantitative estimate of drug-likeness (QED) is 0.860. The zero-order chi connectivity index (χ0) is 17.1. The van der Waals surface area contributed by atoms with Crippen LogP contribution in [0, 0.1) is 12.8 Å². The largest absolute Gasteiger partial charge is 0.352 e. The van der Waals surface area contributed by atoms with Crippen molar-refractivity contribution in [1.82, 2.24) is 5.32 Å². The fourth-order valence-electron chi connectivity index (χ4n) is 1.84. The lowest BCUT2D eigenvalue weighted by atomic mass is 10.1. The zero-order valence-electron chi connectivity index (χ0n) is 13.6. The van der Waals surface area contributed by atoms with Gasteiger partial charge in [0.1, 0.15) is 6.54 Å². The third-order valence-electron chi connectivity index (χ3n) is 3.58. The lowest BCUT2D eigenvalue weighted by molar-refractivity contribution is -0.120. The average Bonchev–Trinajstić information content (AvgIpc) is 2.38. The molecule has 0 spiro atoms. The number of sulfonamides is 1. The van der Waals surface area contributed by atoms with Crippen LogP contribution in [0.25, 0.3) is 0 Å². The van der Waals surface area contributed by atoms with Gasteiger partial charge in [0.15, 0.2) is 0 Å². The lowest BCUT2D eigenvalue weighted by Crippen LogP contribution is -2.44. The fraction of sp³-hybridized carbons (Fsp3) is 0.533. The van der Waals surface area contributed by atoms with E-state index in [-0.39, 0.29) is 24.4 Å². The lowest BCUT2D eigenvalue weighted by Gasteiger charge is -2.25. The topological polar surface area (TPSA) is 66.5 Å². The van der Waals surface area contributed by atoms with Crippen LogP contribution in [-0.2, 0) is 14.8 Å². The standard InChI is InChI=1S/C15H23ClN2O3S/c1-10(2)12(4)17-15(19)9-18(22(5,20)21)14-8-6-7-13(16)11(14)3/h6-8,10,12H,9H2,1-5H3,(H,17,19)/t12-/m1/s1. The Kier molecular flexibility index (Phi) is 6.26. The molecule has 1 aromatic rings. The van der Waals surface area contributed by atoms with Gasteiger partial charge in [-0.15, -0.1) is 0 Å². The Bertz CT molecular complexity index is 644. The number of halogens is 1. The number of benzene rings is 1. The van der Waals surface area contributed by atoms with E-state index < -0.39 is 10.0 Å². The molecule has 0 aliphatic heterocycles. The molecular formula is C15H23ClN2O3S. The predicted octanol–water partition coefficient (Wildman–Crippen LogP) is 2.58. The van der Waals surface area contributed by atoms with Crippen LogP contribution in [-0.4, -0.2) is 33.2 Å². The van der Waals surface area contributed by atoms with E-state index in [0.717, 1.165) is 10.6 Å². The van der Waals surface area contributed by atoms with Gasteiger partial charge < -0.3 is 5.32 Å². The summed E-state index contributed by atoms with van der Waals surface area (Å²) < 4.78 is 25.2. The molecule has 1 amide bonds. The van der Waals surface area contributed by atoms with Gasteiger partial charge in [-0.3, -0.25) is 9.10 Å². The number of anilines is 1. The molecule has 0 saturated heterocycles. The number of amides is 1. The molecule has 0 fully saturated rings. The van der Waals surface area contributed by atoms with Crippen molar-refractivity contribution in [2.75, 3.05) is 17.1 Å². The molecule has 0 aliphatic carbocycles. The Labute approximate surface area is 137 Å². The summed E-state index contributed by atoms with van der Waals surface area (Å²) in [5.41, 5.74) is 1.04. The van der Waals surface area contributed by atoms with E-state index in [1.807, 2.05) is 20.8 Å². The van der Waals surface area contributed by atoms with Gasteiger partial charge in [0, 0.05) is 11.1 Å². The van der Waals surface area contributed by atoms with Crippen molar-refractivity contribution in [3.63, 3.8) is 0 Å². The van der Waals surface area contributed by atoms with Crippen LogP contribution < -0.4 is 9.62 Å². The maximum absolute atomic E-state index is 12.1. The molecule has 22 heavy (non-hydrogen) atoms. The number of hydrogen-bond donors (Lipinski definition) is 1. The van der Waals surface area contributed by atoms with E-state index in [9.17, 15) is 13.2 Å². The highest BCUT2D eigenvalue weighted by atomic mass is 35.5. The molecule has 124 valence electrons. The summed E-state index contributed by atoms with van der Waals surface area (Å²) in [7, 11) is -3.59. The Morgan fingerprint density at radius 3 is 2.41 bits per heavy atom. The maximum Gasteiger partial charge on any atom is 0.240 e. The second-order valence-electron chi connectivity index (χ2n) is 5.75. The number of carbonyl (C=O) groups is 1. The summed E-state index contributed by atoms with van der Waals surface area (Å²) in [5, 5.41) is 3.27. The highest BCUT2D eigenvalue weighted by Crippen LogP contribution is 2.27. The smallest absolute Gasteiger partial charge is 0.240 e. The first-order valence-electron chi connectivity index (χ1n) is 7.06. The average molecular weight is 347 g/mol. The summed E-state index contributed by atoms with van der Waals surface area (Å²) in [5.74, 6) is -0.0745. The summed E-state index contributed by atoms with van der Waals surface area (Å²) in [6.07, 6.45) is 1.08. The molecule has 0 saturated carbocycles. The van der Waals surface area contributed by atoms with Gasteiger partial charge in [0.2, 0.25) is 15.9 Å². The van der Waals surface area contributed by atoms with E-state index in [1.54, 1.807) is 25.1 Å². The van der Waals surface area contributed by atoms with E-state index in [2.05, 4.69) is 5.32 Å². The minimum Gasteiger partial charge on any atom is -0.352 e. The van der Waals surface area contributed by atoms with Gasteiger partial charge in [-0.2, -0.15) is 0 Å². The molecule has 1 N–H and O–H groups in total. The first-order chi connectivity index (χ1) is 10.0. The van der Waals surface area contributed by atoms with Gasteiger partial charge in [-0.25, -0.2) is 8.42 Å². The van der Waals surface area contributed by atoms with Crippen molar-refractivity contribution in [2.24, 2.45) is 5.92 Å². The first kappa shape index (κ1) is 18.8. The van der Waals surface area contributed by atoms with Crippen LogP contribution >= 0.6 is 11.6 Å². The van der Waals surface area contributed by atoms with Crippen molar-refractivity contribution in [3.8, 4) is 0 Å². The minimum absolute atomic E-state index is 0.0330. The van der Waals surface area contributed by atoms with Gasteiger partial charge in [-0.1, -0.05) is 31.5 Å². The second kappa shape index (κ2) is 7.33.